The summed E-state index contributed by atoms with van der Waals surface area (Å²) in [6.07, 6.45) is 2.52. The summed E-state index contributed by atoms with van der Waals surface area (Å²) in [6.45, 7) is 5.18. The number of rotatable bonds is 8. The first-order valence-electron chi connectivity index (χ1n) is 10.7. The van der Waals surface area contributed by atoms with Crippen LogP contribution in [0.2, 0.25) is 0 Å². The van der Waals surface area contributed by atoms with Gasteiger partial charge in [0.25, 0.3) is 0 Å². The van der Waals surface area contributed by atoms with Crippen molar-refractivity contribution in [2.45, 2.75) is 44.9 Å². The van der Waals surface area contributed by atoms with E-state index in [1.165, 1.54) is 4.90 Å². The number of fused-ring (bicyclic) bond motifs is 1. The van der Waals surface area contributed by atoms with Crippen molar-refractivity contribution < 1.29 is 23.9 Å². The van der Waals surface area contributed by atoms with E-state index in [4.69, 9.17) is 10.5 Å². The zero-order valence-electron chi connectivity index (χ0n) is 20.0. The van der Waals surface area contributed by atoms with Gasteiger partial charge in [-0.2, -0.15) is 5.10 Å². The van der Waals surface area contributed by atoms with Crippen LogP contribution in [0.4, 0.5) is 16.3 Å². The van der Waals surface area contributed by atoms with Crippen molar-refractivity contribution in [3.63, 3.8) is 0 Å². The van der Waals surface area contributed by atoms with Crippen molar-refractivity contribution in [1.82, 2.24) is 21.0 Å². The van der Waals surface area contributed by atoms with Crippen LogP contribution in [0.25, 0.3) is 0 Å². The SMILES string of the molecule is CN[C@H]1CN(C)c2ncccc2N(CC(=O)N[C@H](/C=N/NC(N)=O)CC(=O)OC(C)(C)C)C1=O. The van der Waals surface area contributed by atoms with Crippen LogP contribution in [-0.4, -0.2) is 79.9 Å². The molecule has 2 rings (SSSR count). The highest BCUT2D eigenvalue weighted by molar-refractivity contribution is 6.05. The molecule has 0 aliphatic carbocycles. The topological polar surface area (TPSA) is 171 Å². The molecule has 34 heavy (non-hydrogen) atoms. The van der Waals surface area contributed by atoms with Crippen molar-refractivity contribution in [1.29, 1.82) is 0 Å². The summed E-state index contributed by atoms with van der Waals surface area (Å²) in [5.74, 6) is -0.884. The molecule has 1 aliphatic heterocycles. The number of nitrogens with two attached hydrogens (primary N) is 1. The number of esters is 1. The van der Waals surface area contributed by atoms with Gasteiger partial charge in [0.15, 0.2) is 5.82 Å². The van der Waals surface area contributed by atoms with Gasteiger partial charge in [-0.15, -0.1) is 0 Å². The second kappa shape index (κ2) is 11.4. The van der Waals surface area contributed by atoms with Crippen LogP contribution in [0.3, 0.4) is 0 Å². The number of hydrogen-bond acceptors (Lipinski definition) is 9. The molecule has 2 atom stereocenters. The van der Waals surface area contributed by atoms with E-state index in [2.05, 4.69) is 20.7 Å². The van der Waals surface area contributed by atoms with Crippen LogP contribution in [0, 0.1) is 0 Å². The van der Waals surface area contributed by atoms with Crippen molar-refractivity contribution in [2.75, 3.05) is 37.0 Å². The molecule has 1 aromatic heterocycles. The van der Waals surface area contributed by atoms with E-state index in [1.54, 1.807) is 46.1 Å². The van der Waals surface area contributed by atoms with E-state index in [0.717, 1.165) is 6.21 Å². The summed E-state index contributed by atoms with van der Waals surface area (Å²) in [5, 5.41) is 9.25. The maximum Gasteiger partial charge on any atom is 0.332 e. The van der Waals surface area contributed by atoms with E-state index in [9.17, 15) is 19.2 Å². The fourth-order valence-corrected chi connectivity index (χ4v) is 3.31. The molecule has 0 bridgehead atoms. The lowest BCUT2D eigenvalue weighted by molar-refractivity contribution is -0.155. The highest BCUT2D eigenvalue weighted by Crippen LogP contribution is 2.29. The third-order valence-electron chi connectivity index (χ3n) is 4.67. The Balaban J connectivity index is 2.22. The molecule has 4 amide bonds. The van der Waals surface area contributed by atoms with Gasteiger partial charge in [0, 0.05) is 26.0 Å². The van der Waals surface area contributed by atoms with Crippen LogP contribution in [0.15, 0.2) is 23.4 Å². The molecule has 0 spiro atoms. The molecule has 186 valence electrons. The van der Waals surface area contributed by atoms with Crippen molar-refractivity contribution >= 4 is 41.5 Å². The third-order valence-corrected chi connectivity index (χ3v) is 4.67. The minimum atomic E-state index is -0.924. The average Bonchev–Trinajstić information content (AvgIpc) is 2.82. The monoisotopic (exact) mass is 476 g/mol. The van der Waals surface area contributed by atoms with Gasteiger partial charge in [0.05, 0.1) is 18.2 Å². The molecule has 0 unspecified atom stereocenters. The number of ether oxygens (including phenoxy) is 1. The first-order chi connectivity index (χ1) is 15.9. The maximum atomic E-state index is 13.2. The molecule has 5 N–H and O–H groups in total. The van der Waals surface area contributed by atoms with E-state index in [-0.39, 0.29) is 18.9 Å². The summed E-state index contributed by atoms with van der Waals surface area (Å²) in [7, 11) is 3.48. The Labute approximate surface area is 198 Å². The van der Waals surface area contributed by atoms with E-state index in [1.807, 2.05) is 17.4 Å². The molecule has 0 radical (unpaired) electrons. The quantitative estimate of drug-likeness (QED) is 0.217. The van der Waals surface area contributed by atoms with Crippen molar-refractivity contribution in [3.05, 3.63) is 18.3 Å². The number of aromatic nitrogens is 1. The highest BCUT2D eigenvalue weighted by atomic mass is 16.6. The van der Waals surface area contributed by atoms with Gasteiger partial charge in [-0.25, -0.2) is 15.2 Å². The van der Waals surface area contributed by atoms with E-state index < -0.39 is 35.6 Å². The number of pyridine rings is 1. The van der Waals surface area contributed by atoms with Crippen LogP contribution < -0.4 is 31.6 Å². The molecule has 13 heteroatoms. The number of hydrogen-bond donors (Lipinski definition) is 4. The molecule has 1 aliphatic rings. The number of nitrogens with one attached hydrogen (secondary N) is 3. The van der Waals surface area contributed by atoms with Crippen LogP contribution in [-0.2, 0) is 19.1 Å². The Hall–Kier alpha value is -3.74. The Bertz CT molecular complexity index is 945. The fraction of sp³-hybridized carbons (Fsp3) is 0.524. The molecular weight excluding hydrogens is 444 g/mol. The number of carbonyl (C=O) groups is 4. The zero-order valence-corrected chi connectivity index (χ0v) is 20.0. The molecule has 0 aromatic carbocycles. The molecule has 0 fully saturated rings. The van der Waals surface area contributed by atoms with Gasteiger partial charge >= 0.3 is 12.0 Å². The Morgan fingerprint density at radius 3 is 2.71 bits per heavy atom. The molecule has 0 saturated heterocycles. The lowest BCUT2D eigenvalue weighted by Gasteiger charge is -2.25. The molecule has 0 saturated carbocycles. The number of hydrazone groups is 1. The third kappa shape index (κ3) is 7.69. The van der Waals surface area contributed by atoms with Gasteiger partial charge in [-0.05, 0) is 40.0 Å². The number of amides is 4. The summed E-state index contributed by atoms with van der Waals surface area (Å²) >= 11 is 0. The Morgan fingerprint density at radius 2 is 2.09 bits per heavy atom. The summed E-state index contributed by atoms with van der Waals surface area (Å²) in [5.41, 5.74) is 6.77. The second-order valence-electron chi connectivity index (χ2n) is 8.71. The minimum Gasteiger partial charge on any atom is -0.460 e. The first kappa shape index (κ1) is 26.5. The second-order valence-corrected chi connectivity index (χ2v) is 8.71. The van der Waals surface area contributed by atoms with Gasteiger partial charge in [0.2, 0.25) is 11.8 Å². The molecular formula is C21H32N8O5. The number of nitrogens with zero attached hydrogens (tertiary/aromatic N) is 4. The van der Waals surface area contributed by atoms with Crippen LogP contribution >= 0.6 is 0 Å². The van der Waals surface area contributed by atoms with Gasteiger partial charge < -0.3 is 26.0 Å². The minimum absolute atomic E-state index is 0.249. The normalized spacial score (nSPS) is 17.1. The number of urea groups is 1. The Morgan fingerprint density at radius 1 is 1.38 bits per heavy atom. The van der Waals surface area contributed by atoms with Crippen LogP contribution in [0.1, 0.15) is 27.2 Å². The Kier molecular flexibility index (Phi) is 8.90. The van der Waals surface area contributed by atoms with E-state index >= 15 is 0 Å². The molecule has 13 nitrogen and oxygen atoms in total. The smallest absolute Gasteiger partial charge is 0.332 e. The van der Waals surface area contributed by atoms with E-state index in [0.29, 0.717) is 18.1 Å². The molecule has 1 aromatic rings. The first-order valence-corrected chi connectivity index (χ1v) is 10.7. The maximum absolute atomic E-state index is 13.2. The lowest BCUT2D eigenvalue weighted by atomic mass is 10.1. The standard InChI is InChI=1S/C21H32N8O5/c1-21(2,3)34-17(31)9-13(10-25-27-20(22)33)26-16(30)12-29-15-7-6-8-24-18(15)28(5)11-14(23-4)19(29)32/h6-8,10,13-14,23H,9,11-12H2,1-5H3,(H,26,30)(H3,22,27,33)/b25-10+/t13-,14-/m0/s1. The summed E-state index contributed by atoms with van der Waals surface area (Å²) in [4.78, 5) is 56.8. The largest absolute Gasteiger partial charge is 0.460 e. The van der Waals surface area contributed by atoms with Crippen molar-refractivity contribution in [3.8, 4) is 0 Å². The zero-order chi connectivity index (χ0) is 25.5. The predicted octanol–water partition coefficient (Wildman–Crippen LogP) is -0.677. The number of anilines is 2. The highest BCUT2D eigenvalue weighted by Gasteiger charge is 2.34. The van der Waals surface area contributed by atoms with Gasteiger partial charge in [-0.1, -0.05) is 0 Å². The van der Waals surface area contributed by atoms with Gasteiger partial charge in [-0.3, -0.25) is 19.3 Å². The number of carbonyl (C=O) groups excluding carboxylic acids is 4. The average molecular weight is 477 g/mol. The summed E-state index contributed by atoms with van der Waals surface area (Å²) < 4.78 is 5.30. The fourth-order valence-electron chi connectivity index (χ4n) is 3.31. The predicted molar refractivity (Wildman–Crippen MR) is 126 cm³/mol. The van der Waals surface area contributed by atoms with Gasteiger partial charge in [0.1, 0.15) is 18.2 Å². The lowest BCUT2D eigenvalue weighted by Crippen LogP contribution is -2.52. The molecule has 2 heterocycles. The number of likely N-dealkylation sites (N-methyl/N-ethyl adjacent to an activating group) is 2. The van der Waals surface area contributed by atoms with Crippen molar-refractivity contribution in [2.24, 2.45) is 10.8 Å². The number of primary amides is 1. The van der Waals surface area contributed by atoms with Crippen LogP contribution in [0.5, 0.6) is 0 Å². The summed E-state index contributed by atoms with van der Waals surface area (Å²) in [6, 6.07) is 0.995.